The molecule has 1 atom stereocenters. The molecule has 158 valence electrons. The second-order valence-corrected chi connectivity index (χ2v) is 8.81. The molecule has 31 heavy (non-hydrogen) atoms. The molecule has 6 heteroatoms. The Labute approximate surface area is 189 Å². The summed E-state index contributed by atoms with van der Waals surface area (Å²) in [5.41, 5.74) is 3.79. The maximum Gasteiger partial charge on any atom is 0.408 e. The van der Waals surface area contributed by atoms with Crippen LogP contribution in [0, 0.1) is 0 Å². The molecule has 1 aliphatic carbocycles. The lowest BCUT2D eigenvalue weighted by Crippen LogP contribution is -2.54. The van der Waals surface area contributed by atoms with Crippen LogP contribution >= 0.6 is 15.9 Å². The smallest absolute Gasteiger partial charge is 0.408 e. The molecule has 2 N–H and O–H groups in total. The third-order valence-corrected chi connectivity index (χ3v) is 6.19. The Morgan fingerprint density at radius 1 is 0.968 bits per heavy atom. The van der Waals surface area contributed by atoms with Gasteiger partial charge in [0.15, 0.2) is 0 Å². The average molecular weight is 480 g/mol. The van der Waals surface area contributed by atoms with E-state index in [2.05, 4.69) is 33.4 Å². The van der Waals surface area contributed by atoms with Crippen LogP contribution in [-0.2, 0) is 16.0 Å². The number of benzene rings is 3. The fourth-order valence-corrected chi connectivity index (χ4v) is 4.31. The van der Waals surface area contributed by atoms with Gasteiger partial charge in [0, 0.05) is 16.8 Å². The van der Waals surface area contributed by atoms with Gasteiger partial charge in [-0.05, 0) is 46.9 Å². The molecule has 3 aromatic rings. The van der Waals surface area contributed by atoms with Gasteiger partial charge in [-0.3, -0.25) is 0 Å². The zero-order valence-electron chi connectivity index (χ0n) is 17.0. The van der Waals surface area contributed by atoms with Crippen LogP contribution in [0.1, 0.15) is 29.5 Å². The van der Waals surface area contributed by atoms with Gasteiger partial charge in [0.05, 0.1) is 0 Å². The van der Waals surface area contributed by atoms with Crippen molar-refractivity contribution >= 4 is 28.0 Å². The highest BCUT2D eigenvalue weighted by Crippen LogP contribution is 2.44. The zero-order valence-corrected chi connectivity index (χ0v) is 18.6. The molecule has 0 bridgehead atoms. The fraction of sp³-hybridized carbons (Fsp3) is 0.200. The van der Waals surface area contributed by atoms with Gasteiger partial charge in [0.2, 0.25) is 0 Å². The minimum absolute atomic E-state index is 0.0827. The molecule has 0 heterocycles. The van der Waals surface area contributed by atoms with E-state index in [1.165, 1.54) is 6.92 Å². The highest BCUT2D eigenvalue weighted by Gasteiger charge is 2.36. The zero-order chi connectivity index (χ0) is 22.0. The molecule has 5 nitrogen and oxygen atoms in total. The Bertz CT molecular complexity index is 1080. The fourth-order valence-electron chi connectivity index (χ4n) is 4.04. The standard InChI is InChI=1S/C25H22BrNO4/c1-25(23(28)29,14-16-10-12-17(26)13-11-16)27-24(30)31-15-22-20-8-4-2-6-18(20)19-7-3-5-9-21(19)22/h2-13,22H,14-15H2,1H3,(H,27,30)(H,28,29)/t25-/m0/s1. The summed E-state index contributed by atoms with van der Waals surface area (Å²) in [6.07, 6.45) is -0.608. The van der Waals surface area contributed by atoms with Crippen LogP contribution in [0.25, 0.3) is 11.1 Å². The maximum absolute atomic E-state index is 12.6. The van der Waals surface area contributed by atoms with Gasteiger partial charge in [-0.1, -0.05) is 76.6 Å². The third kappa shape index (κ3) is 4.35. The number of carboxylic acids is 1. The van der Waals surface area contributed by atoms with Crippen molar-refractivity contribution in [3.8, 4) is 11.1 Å². The first-order valence-corrected chi connectivity index (χ1v) is 10.8. The largest absolute Gasteiger partial charge is 0.480 e. The van der Waals surface area contributed by atoms with Crippen LogP contribution in [0.4, 0.5) is 4.79 Å². The Morgan fingerprint density at radius 2 is 1.52 bits per heavy atom. The number of carbonyl (C=O) groups excluding carboxylic acids is 1. The summed E-state index contributed by atoms with van der Waals surface area (Å²) >= 11 is 3.36. The Kier molecular flexibility index (Phi) is 5.83. The van der Waals surface area contributed by atoms with Crippen LogP contribution in [0.5, 0.6) is 0 Å². The molecule has 0 fully saturated rings. The van der Waals surface area contributed by atoms with E-state index in [-0.39, 0.29) is 18.9 Å². The normalized spacial score (nSPS) is 14.3. The van der Waals surface area contributed by atoms with Crippen LogP contribution in [0.2, 0.25) is 0 Å². The van der Waals surface area contributed by atoms with Crippen LogP contribution in [0.15, 0.2) is 77.3 Å². The predicted molar refractivity (Wildman–Crippen MR) is 122 cm³/mol. The number of halogens is 1. The first-order valence-electron chi connectivity index (χ1n) is 9.98. The maximum atomic E-state index is 12.6. The monoisotopic (exact) mass is 479 g/mol. The van der Waals surface area contributed by atoms with Gasteiger partial charge in [-0.2, -0.15) is 0 Å². The summed E-state index contributed by atoms with van der Waals surface area (Å²) in [6, 6.07) is 23.5. The number of nitrogens with one attached hydrogen (secondary N) is 1. The van der Waals surface area contributed by atoms with Crippen molar-refractivity contribution in [3.05, 3.63) is 94.0 Å². The number of amides is 1. The highest BCUT2D eigenvalue weighted by atomic mass is 79.9. The molecule has 0 aliphatic heterocycles. The molecule has 0 unspecified atom stereocenters. The van der Waals surface area contributed by atoms with E-state index in [1.807, 2.05) is 60.7 Å². The van der Waals surface area contributed by atoms with E-state index in [9.17, 15) is 14.7 Å². The number of hydrogen-bond donors (Lipinski definition) is 2. The Morgan fingerprint density at radius 3 is 2.06 bits per heavy atom. The van der Waals surface area contributed by atoms with E-state index < -0.39 is 17.6 Å². The molecule has 0 aromatic heterocycles. The minimum atomic E-state index is -1.49. The lowest BCUT2D eigenvalue weighted by molar-refractivity contribution is -0.143. The summed E-state index contributed by atoms with van der Waals surface area (Å²) in [5, 5.41) is 12.3. The summed E-state index contributed by atoms with van der Waals surface area (Å²) < 4.78 is 6.42. The highest BCUT2D eigenvalue weighted by molar-refractivity contribution is 9.10. The predicted octanol–water partition coefficient (Wildman–Crippen LogP) is 5.37. The molecule has 4 rings (SSSR count). The molecule has 3 aromatic carbocycles. The number of ether oxygens (including phenoxy) is 1. The Balaban J connectivity index is 1.47. The molecule has 0 radical (unpaired) electrons. The number of fused-ring (bicyclic) bond motifs is 3. The van der Waals surface area contributed by atoms with Crippen molar-refractivity contribution in [2.75, 3.05) is 6.61 Å². The van der Waals surface area contributed by atoms with Crippen LogP contribution in [0.3, 0.4) is 0 Å². The second kappa shape index (κ2) is 8.55. The topological polar surface area (TPSA) is 75.6 Å². The second-order valence-electron chi connectivity index (χ2n) is 7.89. The van der Waals surface area contributed by atoms with Crippen molar-refractivity contribution in [2.45, 2.75) is 24.8 Å². The number of carbonyl (C=O) groups is 2. The average Bonchev–Trinajstić information content (AvgIpc) is 3.08. The van der Waals surface area contributed by atoms with Gasteiger partial charge in [-0.25, -0.2) is 9.59 Å². The van der Waals surface area contributed by atoms with E-state index in [0.717, 1.165) is 32.3 Å². The van der Waals surface area contributed by atoms with Crippen LogP contribution < -0.4 is 5.32 Å². The van der Waals surface area contributed by atoms with Gasteiger partial charge in [0.1, 0.15) is 12.1 Å². The van der Waals surface area contributed by atoms with E-state index >= 15 is 0 Å². The number of alkyl carbamates (subject to hydrolysis) is 1. The van der Waals surface area contributed by atoms with E-state index in [0.29, 0.717) is 0 Å². The van der Waals surface area contributed by atoms with Crippen molar-refractivity contribution in [1.29, 1.82) is 0 Å². The van der Waals surface area contributed by atoms with Crippen molar-refractivity contribution < 1.29 is 19.4 Å². The lowest BCUT2D eigenvalue weighted by Gasteiger charge is -2.26. The number of rotatable bonds is 6. The summed E-state index contributed by atoms with van der Waals surface area (Å²) in [6.45, 7) is 1.62. The van der Waals surface area contributed by atoms with Crippen LogP contribution in [-0.4, -0.2) is 29.3 Å². The van der Waals surface area contributed by atoms with Gasteiger partial charge < -0.3 is 15.2 Å². The first kappa shape index (κ1) is 21.1. The number of carboxylic acid groups (broad SMARTS) is 1. The van der Waals surface area contributed by atoms with E-state index in [1.54, 1.807) is 0 Å². The van der Waals surface area contributed by atoms with Crippen molar-refractivity contribution in [2.24, 2.45) is 0 Å². The summed E-state index contributed by atoms with van der Waals surface area (Å²) in [5.74, 6) is -1.20. The molecule has 0 saturated heterocycles. The van der Waals surface area contributed by atoms with Gasteiger partial charge in [0.25, 0.3) is 0 Å². The third-order valence-electron chi connectivity index (χ3n) is 5.66. The molecular formula is C25H22BrNO4. The lowest BCUT2D eigenvalue weighted by atomic mass is 9.93. The Hall–Kier alpha value is -3.12. The molecular weight excluding hydrogens is 458 g/mol. The summed E-state index contributed by atoms with van der Waals surface area (Å²) in [4.78, 5) is 24.5. The van der Waals surface area contributed by atoms with Gasteiger partial charge >= 0.3 is 12.1 Å². The quantitative estimate of drug-likeness (QED) is 0.497. The molecule has 0 saturated carbocycles. The minimum Gasteiger partial charge on any atom is -0.480 e. The first-order chi connectivity index (χ1) is 14.9. The van der Waals surface area contributed by atoms with Crippen molar-refractivity contribution in [1.82, 2.24) is 5.32 Å². The van der Waals surface area contributed by atoms with E-state index in [4.69, 9.17) is 4.74 Å². The molecule has 0 spiro atoms. The summed E-state index contributed by atoms with van der Waals surface area (Å²) in [7, 11) is 0. The number of hydrogen-bond acceptors (Lipinski definition) is 3. The SMILES string of the molecule is C[C@@](Cc1ccc(Br)cc1)(NC(=O)OCC1c2ccccc2-c2ccccc21)C(=O)O. The molecule has 1 amide bonds. The molecule has 1 aliphatic rings. The number of aliphatic carboxylic acids is 1. The van der Waals surface area contributed by atoms with Crippen molar-refractivity contribution in [3.63, 3.8) is 0 Å². The van der Waals surface area contributed by atoms with Gasteiger partial charge in [-0.15, -0.1) is 0 Å².